The van der Waals surface area contributed by atoms with E-state index in [9.17, 15) is 9.18 Å². The molecule has 0 atom stereocenters. The molecule has 0 bridgehead atoms. The largest absolute Gasteiger partial charge is 0.291 e. The number of fused-ring (bicyclic) bond motifs is 1. The van der Waals surface area contributed by atoms with Gasteiger partial charge in [-0.15, -0.1) is 0 Å². The summed E-state index contributed by atoms with van der Waals surface area (Å²) in [6.45, 7) is 4.46. The van der Waals surface area contributed by atoms with Crippen molar-refractivity contribution in [1.29, 1.82) is 0 Å². The predicted molar refractivity (Wildman–Crippen MR) is 72.2 cm³/mol. The standard InChI is InChI=1S/C14H15FN4O/c1-9(2)19-12(3-5-17-19)14(20)18-6-4-10-7-11(15)8-16-13(10)18/h3,5,7-9H,4,6H2,1-2H3. The zero-order valence-electron chi connectivity index (χ0n) is 11.4. The van der Waals surface area contributed by atoms with Gasteiger partial charge in [0, 0.05) is 18.8 Å². The van der Waals surface area contributed by atoms with Gasteiger partial charge in [-0.05, 0) is 38.0 Å². The Balaban J connectivity index is 1.96. The summed E-state index contributed by atoms with van der Waals surface area (Å²) in [4.78, 5) is 18.2. The SMILES string of the molecule is CC(C)n1nccc1C(=O)N1CCc2cc(F)cnc21. The van der Waals surface area contributed by atoms with Gasteiger partial charge in [0.2, 0.25) is 0 Å². The molecule has 6 heteroatoms. The summed E-state index contributed by atoms with van der Waals surface area (Å²) in [5.41, 5.74) is 1.30. The summed E-state index contributed by atoms with van der Waals surface area (Å²) < 4.78 is 14.8. The van der Waals surface area contributed by atoms with Crippen LogP contribution in [0, 0.1) is 5.82 Å². The lowest BCUT2D eigenvalue weighted by atomic mass is 10.2. The number of amides is 1. The van der Waals surface area contributed by atoms with E-state index in [1.807, 2.05) is 13.8 Å². The summed E-state index contributed by atoms with van der Waals surface area (Å²) in [6.07, 6.45) is 3.38. The van der Waals surface area contributed by atoms with Crippen molar-refractivity contribution in [3.63, 3.8) is 0 Å². The van der Waals surface area contributed by atoms with Crippen LogP contribution >= 0.6 is 0 Å². The lowest BCUT2D eigenvalue weighted by molar-refractivity contribution is 0.0976. The van der Waals surface area contributed by atoms with Crippen molar-refractivity contribution in [2.75, 3.05) is 11.4 Å². The summed E-state index contributed by atoms with van der Waals surface area (Å²) in [5, 5.41) is 4.17. The Labute approximate surface area is 116 Å². The van der Waals surface area contributed by atoms with Gasteiger partial charge >= 0.3 is 0 Å². The zero-order chi connectivity index (χ0) is 14.3. The van der Waals surface area contributed by atoms with Gasteiger partial charge < -0.3 is 0 Å². The molecule has 3 heterocycles. The van der Waals surface area contributed by atoms with Gasteiger partial charge in [0.15, 0.2) is 0 Å². The van der Waals surface area contributed by atoms with Crippen LogP contribution in [0.4, 0.5) is 10.2 Å². The first-order valence-corrected chi connectivity index (χ1v) is 6.57. The minimum absolute atomic E-state index is 0.104. The van der Waals surface area contributed by atoms with Gasteiger partial charge in [-0.2, -0.15) is 5.10 Å². The van der Waals surface area contributed by atoms with E-state index in [0.717, 1.165) is 11.8 Å². The molecule has 0 spiro atoms. The molecule has 2 aromatic heterocycles. The van der Waals surface area contributed by atoms with Crippen LogP contribution in [0.15, 0.2) is 24.5 Å². The highest BCUT2D eigenvalue weighted by molar-refractivity contribution is 6.05. The Bertz CT molecular complexity index is 665. The molecule has 0 aliphatic carbocycles. The molecular formula is C14H15FN4O. The summed E-state index contributed by atoms with van der Waals surface area (Å²) in [7, 11) is 0. The molecule has 0 saturated carbocycles. The molecule has 5 nitrogen and oxygen atoms in total. The van der Waals surface area contributed by atoms with E-state index in [2.05, 4.69) is 10.1 Å². The van der Waals surface area contributed by atoms with E-state index in [1.165, 1.54) is 6.07 Å². The Morgan fingerprint density at radius 3 is 3.00 bits per heavy atom. The fraction of sp³-hybridized carbons (Fsp3) is 0.357. The third-order valence-electron chi connectivity index (χ3n) is 3.39. The van der Waals surface area contributed by atoms with E-state index in [0.29, 0.717) is 24.5 Å². The molecule has 0 saturated heterocycles. The number of nitrogens with zero attached hydrogens (tertiary/aromatic N) is 4. The highest BCUT2D eigenvalue weighted by Gasteiger charge is 2.29. The molecule has 1 aliphatic heterocycles. The topological polar surface area (TPSA) is 51.0 Å². The second-order valence-corrected chi connectivity index (χ2v) is 5.10. The first kappa shape index (κ1) is 12.8. The van der Waals surface area contributed by atoms with Crippen LogP contribution in [0.1, 0.15) is 35.9 Å². The van der Waals surface area contributed by atoms with Crippen molar-refractivity contribution in [3.05, 3.63) is 41.6 Å². The van der Waals surface area contributed by atoms with Crippen LogP contribution in [0.25, 0.3) is 0 Å². The van der Waals surface area contributed by atoms with Crippen molar-refractivity contribution >= 4 is 11.7 Å². The van der Waals surface area contributed by atoms with Gasteiger partial charge in [0.05, 0.1) is 6.20 Å². The summed E-state index contributed by atoms with van der Waals surface area (Å²) in [5.74, 6) is 0.0345. The van der Waals surface area contributed by atoms with Crippen molar-refractivity contribution in [2.24, 2.45) is 0 Å². The lowest BCUT2D eigenvalue weighted by Crippen LogP contribution is -2.31. The van der Waals surface area contributed by atoms with Crippen LogP contribution < -0.4 is 4.90 Å². The van der Waals surface area contributed by atoms with Crippen LogP contribution in [0.2, 0.25) is 0 Å². The maximum absolute atomic E-state index is 13.2. The molecule has 0 aromatic carbocycles. The van der Waals surface area contributed by atoms with Crippen molar-refractivity contribution < 1.29 is 9.18 Å². The highest BCUT2D eigenvalue weighted by Crippen LogP contribution is 2.27. The van der Waals surface area contributed by atoms with Gasteiger partial charge in [0.25, 0.3) is 5.91 Å². The molecule has 1 amide bonds. The van der Waals surface area contributed by atoms with E-state index < -0.39 is 0 Å². The number of rotatable bonds is 2. The number of hydrogen-bond acceptors (Lipinski definition) is 3. The number of carbonyl (C=O) groups is 1. The van der Waals surface area contributed by atoms with Gasteiger partial charge in [-0.25, -0.2) is 9.37 Å². The second-order valence-electron chi connectivity index (χ2n) is 5.10. The number of hydrogen-bond donors (Lipinski definition) is 0. The first-order chi connectivity index (χ1) is 9.58. The summed E-state index contributed by atoms with van der Waals surface area (Å²) in [6, 6.07) is 3.24. The second kappa shape index (κ2) is 4.70. The monoisotopic (exact) mass is 274 g/mol. The highest BCUT2D eigenvalue weighted by atomic mass is 19.1. The van der Waals surface area contributed by atoms with Crippen LogP contribution in [-0.4, -0.2) is 27.2 Å². The van der Waals surface area contributed by atoms with Gasteiger partial charge in [-0.3, -0.25) is 14.4 Å². The van der Waals surface area contributed by atoms with Crippen molar-refractivity contribution in [3.8, 4) is 0 Å². The zero-order valence-corrected chi connectivity index (χ0v) is 11.4. The molecule has 3 rings (SSSR count). The fourth-order valence-electron chi connectivity index (χ4n) is 2.47. The molecule has 0 fully saturated rings. The van der Waals surface area contributed by atoms with E-state index in [4.69, 9.17) is 0 Å². The molecule has 104 valence electrons. The average molecular weight is 274 g/mol. The molecule has 0 N–H and O–H groups in total. The number of pyridine rings is 1. The fourth-order valence-corrected chi connectivity index (χ4v) is 2.47. The molecule has 20 heavy (non-hydrogen) atoms. The molecule has 0 unspecified atom stereocenters. The number of aromatic nitrogens is 3. The van der Waals surface area contributed by atoms with E-state index in [1.54, 1.807) is 21.8 Å². The molecule has 0 radical (unpaired) electrons. The Hall–Kier alpha value is -2.24. The number of carbonyl (C=O) groups excluding carboxylic acids is 1. The van der Waals surface area contributed by atoms with Gasteiger partial charge in [0.1, 0.15) is 17.3 Å². The van der Waals surface area contributed by atoms with E-state index in [-0.39, 0.29) is 17.8 Å². The smallest absolute Gasteiger partial charge is 0.277 e. The van der Waals surface area contributed by atoms with Crippen LogP contribution in [0.3, 0.4) is 0 Å². The first-order valence-electron chi connectivity index (χ1n) is 6.57. The normalized spacial score (nSPS) is 13.9. The minimum Gasteiger partial charge on any atom is -0.291 e. The quantitative estimate of drug-likeness (QED) is 0.843. The Morgan fingerprint density at radius 1 is 1.45 bits per heavy atom. The summed E-state index contributed by atoms with van der Waals surface area (Å²) >= 11 is 0. The van der Waals surface area contributed by atoms with Crippen LogP contribution in [-0.2, 0) is 6.42 Å². The van der Waals surface area contributed by atoms with Crippen molar-refractivity contribution in [2.45, 2.75) is 26.3 Å². The third-order valence-corrected chi connectivity index (χ3v) is 3.39. The van der Waals surface area contributed by atoms with Crippen LogP contribution in [0.5, 0.6) is 0 Å². The molecular weight excluding hydrogens is 259 g/mol. The van der Waals surface area contributed by atoms with E-state index >= 15 is 0 Å². The third kappa shape index (κ3) is 1.97. The number of anilines is 1. The predicted octanol–water partition coefficient (Wildman–Crippen LogP) is 2.20. The average Bonchev–Trinajstić information content (AvgIpc) is 3.03. The molecule has 2 aromatic rings. The maximum Gasteiger partial charge on any atom is 0.277 e. The minimum atomic E-state index is -0.370. The lowest BCUT2D eigenvalue weighted by Gasteiger charge is -2.18. The maximum atomic E-state index is 13.2. The Morgan fingerprint density at radius 2 is 2.25 bits per heavy atom. The van der Waals surface area contributed by atoms with Crippen molar-refractivity contribution in [1.82, 2.24) is 14.8 Å². The van der Waals surface area contributed by atoms with Gasteiger partial charge in [-0.1, -0.05) is 0 Å². The number of halogens is 1. The molecule has 1 aliphatic rings. The Kier molecular flexibility index (Phi) is 3.00.